The first-order valence-corrected chi connectivity index (χ1v) is 14.4. The van der Waals surface area contributed by atoms with Gasteiger partial charge in [-0.3, -0.25) is 14.5 Å². The van der Waals surface area contributed by atoms with Gasteiger partial charge in [0, 0.05) is 39.4 Å². The molecule has 2 atom stereocenters. The van der Waals surface area contributed by atoms with Crippen LogP contribution in [0.5, 0.6) is 0 Å². The second-order valence-corrected chi connectivity index (χ2v) is 11.4. The number of nitrogens with zero attached hydrogens (tertiary/aromatic N) is 5. The van der Waals surface area contributed by atoms with Crippen molar-refractivity contribution >= 4 is 24.3 Å². The number of carboxylic acids is 1. The highest BCUT2D eigenvalue weighted by atomic mass is 35.5. The molecule has 13 heteroatoms. The summed E-state index contributed by atoms with van der Waals surface area (Å²) >= 11 is 0. The zero-order chi connectivity index (χ0) is 30.4. The fourth-order valence-electron chi connectivity index (χ4n) is 5.57. The van der Waals surface area contributed by atoms with Crippen molar-refractivity contribution < 1.29 is 28.3 Å². The molecule has 1 N–H and O–H groups in total. The molecule has 43 heavy (non-hydrogen) atoms. The number of ether oxygens (including phenoxy) is 1. The molecular weight excluding hydrogens is 578 g/mol. The number of halogens is 1. The molecule has 1 aliphatic heterocycles. The monoisotopic (exact) mass is 619 g/mol. The second kappa shape index (κ2) is 15.3. The van der Waals surface area contributed by atoms with Crippen LogP contribution >= 0.6 is 12.4 Å². The summed E-state index contributed by atoms with van der Waals surface area (Å²) in [5, 5.41) is 18.8. The standard InChI is InChI=1S/C30H41N5O7.ClH/c1-19(2)15-34(23-14-22(29(37)38)16-33(17-23)18-26-21(4)41-30(39)42-26)28(36)27-25(12-8-9-13-40-5)35(32-31-27)24-11-7-6-10-20(24)3;/h6-7,10-11,19,22-23H,8-9,12-18H2,1-5H3,(H,37,38);1H/t22-,23+;/m1./s1. The van der Waals surface area contributed by atoms with Crippen LogP contribution in [0.25, 0.3) is 5.69 Å². The lowest BCUT2D eigenvalue weighted by Gasteiger charge is -2.42. The Morgan fingerprint density at radius 2 is 1.91 bits per heavy atom. The number of methoxy groups -OCH3 is 1. The Labute approximate surface area is 257 Å². The van der Waals surface area contributed by atoms with Crippen molar-refractivity contribution in [2.45, 2.75) is 66.0 Å². The van der Waals surface area contributed by atoms with Crippen LogP contribution in [0.1, 0.15) is 66.4 Å². The van der Waals surface area contributed by atoms with E-state index < -0.39 is 23.8 Å². The summed E-state index contributed by atoms with van der Waals surface area (Å²) in [6.45, 7) is 9.58. The number of carbonyl (C=O) groups is 2. The zero-order valence-electron chi connectivity index (χ0n) is 25.4. The molecule has 1 saturated heterocycles. The highest BCUT2D eigenvalue weighted by molar-refractivity contribution is 5.93. The lowest BCUT2D eigenvalue weighted by atomic mass is 9.92. The zero-order valence-corrected chi connectivity index (χ0v) is 26.3. The number of para-hydroxylation sites is 1. The number of amides is 1. The van der Waals surface area contributed by atoms with E-state index in [4.69, 9.17) is 13.6 Å². The lowest BCUT2D eigenvalue weighted by Crippen LogP contribution is -2.54. The van der Waals surface area contributed by atoms with Gasteiger partial charge in [-0.25, -0.2) is 9.48 Å². The van der Waals surface area contributed by atoms with Gasteiger partial charge in [0.2, 0.25) is 0 Å². The summed E-state index contributed by atoms with van der Waals surface area (Å²) in [5.41, 5.74) is 2.86. The van der Waals surface area contributed by atoms with Crippen LogP contribution in [0.3, 0.4) is 0 Å². The van der Waals surface area contributed by atoms with Gasteiger partial charge in [0.05, 0.1) is 23.8 Å². The van der Waals surface area contributed by atoms with Gasteiger partial charge in [0.15, 0.2) is 11.5 Å². The van der Waals surface area contributed by atoms with Crippen LogP contribution in [0, 0.1) is 25.7 Å². The third-order valence-corrected chi connectivity index (χ3v) is 7.64. The summed E-state index contributed by atoms with van der Waals surface area (Å²) in [6, 6.07) is 7.42. The molecule has 0 spiro atoms. The minimum atomic E-state index is -0.934. The molecular formula is C30H42ClN5O7. The van der Waals surface area contributed by atoms with Crippen molar-refractivity contribution in [3.63, 3.8) is 0 Å². The van der Waals surface area contributed by atoms with Gasteiger partial charge in [-0.2, -0.15) is 0 Å². The van der Waals surface area contributed by atoms with E-state index in [1.165, 1.54) is 0 Å². The Kier molecular flexibility index (Phi) is 12.1. The van der Waals surface area contributed by atoms with E-state index >= 15 is 0 Å². The maximum atomic E-state index is 14.4. The Bertz CT molecular complexity index is 1430. The topological polar surface area (TPSA) is 144 Å². The molecule has 2 aromatic heterocycles. The number of unbranched alkanes of at least 4 members (excludes halogenated alkanes) is 1. The van der Waals surface area contributed by atoms with E-state index in [9.17, 15) is 19.5 Å². The molecule has 1 aliphatic rings. The first-order chi connectivity index (χ1) is 20.1. The number of benzene rings is 1. The predicted molar refractivity (Wildman–Crippen MR) is 161 cm³/mol. The van der Waals surface area contributed by atoms with Gasteiger partial charge >= 0.3 is 11.8 Å². The van der Waals surface area contributed by atoms with Crippen molar-refractivity contribution in [2.24, 2.45) is 11.8 Å². The number of carbonyl (C=O) groups excluding carboxylic acids is 1. The van der Waals surface area contributed by atoms with E-state index in [0.29, 0.717) is 44.1 Å². The third kappa shape index (κ3) is 8.33. The quantitative estimate of drug-likeness (QED) is 0.280. The first kappa shape index (κ1) is 34.0. The minimum Gasteiger partial charge on any atom is -0.481 e. The van der Waals surface area contributed by atoms with Crippen molar-refractivity contribution in [3.8, 4) is 5.69 Å². The number of hydrogen-bond acceptors (Lipinski definition) is 9. The van der Waals surface area contributed by atoms with Gasteiger partial charge in [0.1, 0.15) is 5.76 Å². The first-order valence-electron chi connectivity index (χ1n) is 14.4. The maximum absolute atomic E-state index is 14.4. The summed E-state index contributed by atoms with van der Waals surface area (Å²) in [5.74, 6) is -1.87. The number of likely N-dealkylation sites (tertiary alicyclic amines) is 1. The number of piperidine rings is 1. The van der Waals surface area contributed by atoms with E-state index in [-0.39, 0.29) is 43.0 Å². The van der Waals surface area contributed by atoms with E-state index in [1.807, 2.05) is 49.9 Å². The molecule has 0 bridgehead atoms. The Morgan fingerprint density at radius 3 is 2.53 bits per heavy atom. The van der Waals surface area contributed by atoms with Crippen LogP contribution < -0.4 is 5.82 Å². The normalized spacial score (nSPS) is 17.2. The molecule has 4 rings (SSSR count). The predicted octanol–water partition coefficient (Wildman–Crippen LogP) is 3.89. The fraction of sp³-hybridized carbons (Fsp3) is 0.567. The van der Waals surface area contributed by atoms with Crippen LogP contribution in [-0.4, -0.2) is 81.2 Å². The highest BCUT2D eigenvalue weighted by Crippen LogP contribution is 2.27. The minimum absolute atomic E-state index is 0. The molecule has 1 amide bonds. The molecule has 3 aromatic rings. The van der Waals surface area contributed by atoms with Gasteiger partial charge in [-0.15, -0.1) is 17.5 Å². The summed E-state index contributed by atoms with van der Waals surface area (Å²) in [7, 11) is 1.66. The maximum Gasteiger partial charge on any atom is 0.519 e. The van der Waals surface area contributed by atoms with E-state index in [2.05, 4.69) is 10.3 Å². The number of aliphatic carboxylic acids is 1. The van der Waals surface area contributed by atoms with Gasteiger partial charge in [-0.05, 0) is 57.1 Å². The Hall–Kier alpha value is -3.48. The summed E-state index contributed by atoms with van der Waals surface area (Å²) in [6.07, 6.45) is 2.48. The van der Waals surface area contributed by atoms with Crippen molar-refractivity contribution in [3.05, 3.63) is 63.4 Å². The number of rotatable bonds is 13. The Morgan fingerprint density at radius 1 is 1.16 bits per heavy atom. The fourth-order valence-corrected chi connectivity index (χ4v) is 5.57. The molecule has 0 saturated carbocycles. The average molecular weight is 620 g/mol. The number of aryl methyl sites for hydroxylation is 2. The largest absolute Gasteiger partial charge is 0.519 e. The molecule has 1 fully saturated rings. The van der Waals surface area contributed by atoms with Crippen molar-refractivity contribution in [2.75, 3.05) is 33.4 Å². The molecule has 0 radical (unpaired) electrons. The van der Waals surface area contributed by atoms with Crippen LogP contribution in [0.2, 0.25) is 0 Å². The van der Waals surface area contributed by atoms with E-state index in [0.717, 1.165) is 29.8 Å². The van der Waals surface area contributed by atoms with Crippen LogP contribution in [-0.2, 0) is 22.5 Å². The van der Waals surface area contributed by atoms with Crippen LogP contribution in [0.15, 0.2) is 37.9 Å². The van der Waals surface area contributed by atoms with Gasteiger partial charge in [-0.1, -0.05) is 37.3 Å². The average Bonchev–Trinajstić information content (AvgIpc) is 3.50. The number of aromatic nitrogens is 3. The van der Waals surface area contributed by atoms with Crippen LogP contribution in [0.4, 0.5) is 0 Å². The molecule has 0 aliphatic carbocycles. The smallest absolute Gasteiger partial charge is 0.481 e. The molecule has 236 valence electrons. The van der Waals surface area contributed by atoms with E-state index in [1.54, 1.807) is 23.6 Å². The SMILES string of the molecule is COCCCCc1c(C(=O)N(CC(C)C)[C@H]2C[C@@H](C(=O)O)CN(Cc3oc(=O)oc3C)C2)nnn1-c1ccccc1C.Cl. The second-order valence-electron chi connectivity index (χ2n) is 11.4. The lowest BCUT2D eigenvalue weighted by molar-refractivity contribution is -0.144. The summed E-state index contributed by atoms with van der Waals surface area (Å²) < 4.78 is 17.2. The number of hydrogen-bond donors (Lipinski definition) is 1. The molecule has 3 heterocycles. The highest BCUT2D eigenvalue weighted by Gasteiger charge is 2.38. The van der Waals surface area contributed by atoms with Gasteiger partial charge < -0.3 is 23.6 Å². The van der Waals surface area contributed by atoms with Gasteiger partial charge in [0.25, 0.3) is 5.91 Å². The number of carboxylic acid groups (broad SMARTS) is 1. The van der Waals surface area contributed by atoms with Crippen molar-refractivity contribution in [1.82, 2.24) is 24.8 Å². The third-order valence-electron chi connectivity index (χ3n) is 7.64. The van der Waals surface area contributed by atoms with Crippen molar-refractivity contribution in [1.29, 1.82) is 0 Å². The molecule has 0 unspecified atom stereocenters. The Balaban J connectivity index is 0.00000506. The molecule has 12 nitrogen and oxygen atoms in total. The molecule has 1 aromatic carbocycles. The summed E-state index contributed by atoms with van der Waals surface area (Å²) in [4.78, 5) is 41.9.